The Hall–Kier alpha value is -4.27. The van der Waals surface area contributed by atoms with Crippen molar-refractivity contribution >= 4 is 18.2 Å². The first-order chi connectivity index (χ1) is 21.5. The Bertz CT molecular complexity index is 1520. The Morgan fingerprint density at radius 3 is 2.20 bits per heavy atom. The first-order valence-corrected chi connectivity index (χ1v) is 16.1. The van der Waals surface area contributed by atoms with Crippen molar-refractivity contribution in [3.05, 3.63) is 83.2 Å². The zero-order valence-corrected chi connectivity index (χ0v) is 26.4. The number of rotatable bonds is 6. The molecular weight excluding hydrogens is 570 g/mol. The molecule has 1 saturated carbocycles. The fraction of sp³-hybridized carbons (Fsp3) is 0.472. The van der Waals surface area contributed by atoms with Gasteiger partial charge >= 0.3 is 18.2 Å². The fourth-order valence-electron chi connectivity index (χ4n) is 7.58. The lowest BCUT2D eigenvalue weighted by molar-refractivity contribution is -0.0460. The van der Waals surface area contributed by atoms with Gasteiger partial charge in [-0.2, -0.15) is 0 Å². The van der Waals surface area contributed by atoms with Crippen LogP contribution >= 0.6 is 0 Å². The molecule has 1 aromatic heterocycles. The lowest BCUT2D eigenvalue weighted by Gasteiger charge is -2.53. The highest BCUT2D eigenvalue weighted by Gasteiger charge is 2.48. The largest absolute Gasteiger partial charge is 0.477 e. The molecule has 6 rings (SSSR count). The summed E-state index contributed by atoms with van der Waals surface area (Å²) >= 11 is 0. The van der Waals surface area contributed by atoms with Crippen molar-refractivity contribution in [2.45, 2.75) is 95.4 Å². The summed E-state index contributed by atoms with van der Waals surface area (Å²) in [5, 5.41) is 9.50. The van der Waals surface area contributed by atoms with E-state index < -0.39 is 23.2 Å². The zero-order chi connectivity index (χ0) is 31.8. The van der Waals surface area contributed by atoms with Crippen molar-refractivity contribution < 1.29 is 29.0 Å². The molecule has 2 aromatic carbocycles. The molecule has 9 heteroatoms. The highest BCUT2D eigenvalue weighted by atomic mass is 16.6. The zero-order valence-electron chi connectivity index (χ0n) is 26.4. The molecule has 2 aliphatic carbocycles. The van der Waals surface area contributed by atoms with E-state index in [-0.39, 0.29) is 36.9 Å². The fourth-order valence-corrected chi connectivity index (χ4v) is 7.58. The third-order valence-electron chi connectivity index (χ3n) is 9.60. The highest BCUT2D eigenvalue weighted by Crippen LogP contribution is 2.45. The number of likely N-dealkylation sites (tertiary alicyclic amines) is 1. The Kier molecular flexibility index (Phi) is 8.37. The van der Waals surface area contributed by atoms with Crippen LogP contribution in [0.15, 0.2) is 60.7 Å². The summed E-state index contributed by atoms with van der Waals surface area (Å²) in [6.07, 6.45) is 5.28. The maximum atomic E-state index is 14.1. The van der Waals surface area contributed by atoms with Gasteiger partial charge in [-0.25, -0.2) is 14.4 Å². The average Bonchev–Trinajstić information content (AvgIpc) is 3.61. The van der Waals surface area contributed by atoms with Crippen molar-refractivity contribution in [2.24, 2.45) is 0 Å². The number of carboxylic acids is 1. The summed E-state index contributed by atoms with van der Waals surface area (Å²) in [6.45, 7) is 6.48. The minimum atomic E-state index is -1.05. The van der Waals surface area contributed by atoms with Gasteiger partial charge in [0, 0.05) is 29.7 Å². The van der Waals surface area contributed by atoms with Crippen molar-refractivity contribution in [3.8, 4) is 11.1 Å². The van der Waals surface area contributed by atoms with Gasteiger partial charge in [0.2, 0.25) is 0 Å². The van der Waals surface area contributed by atoms with Crippen molar-refractivity contribution in [2.75, 3.05) is 13.2 Å². The van der Waals surface area contributed by atoms with Crippen LogP contribution in [0, 0.1) is 0 Å². The van der Waals surface area contributed by atoms with Crippen molar-refractivity contribution in [3.63, 3.8) is 0 Å². The minimum Gasteiger partial charge on any atom is -0.477 e. The predicted molar refractivity (Wildman–Crippen MR) is 170 cm³/mol. The second-order valence-corrected chi connectivity index (χ2v) is 13.7. The van der Waals surface area contributed by atoms with Crippen molar-refractivity contribution in [1.29, 1.82) is 0 Å². The van der Waals surface area contributed by atoms with Crippen LogP contribution in [0.25, 0.3) is 11.1 Å². The number of carbonyl (C=O) groups is 3. The molecule has 3 aliphatic rings. The first kappa shape index (κ1) is 30.7. The van der Waals surface area contributed by atoms with Crippen LogP contribution in [-0.2, 0) is 16.0 Å². The first-order valence-electron chi connectivity index (χ1n) is 16.1. The lowest BCUT2D eigenvalue weighted by Crippen LogP contribution is -2.62. The molecule has 0 radical (unpaired) electrons. The van der Waals surface area contributed by atoms with Crippen LogP contribution in [0.2, 0.25) is 0 Å². The van der Waals surface area contributed by atoms with E-state index in [9.17, 15) is 19.5 Å². The molecule has 238 valence electrons. The molecule has 1 unspecified atom stereocenters. The number of nitrogens with zero attached hydrogens (tertiary/aromatic N) is 2. The number of H-pyrrole nitrogens is 1. The maximum Gasteiger partial charge on any atom is 0.410 e. The van der Waals surface area contributed by atoms with Crippen molar-refractivity contribution in [1.82, 2.24) is 14.8 Å². The predicted octanol–water partition coefficient (Wildman–Crippen LogP) is 7.57. The average molecular weight is 614 g/mol. The molecule has 1 aliphatic heterocycles. The third-order valence-corrected chi connectivity index (χ3v) is 9.60. The molecule has 9 nitrogen and oxygen atoms in total. The van der Waals surface area contributed by atoms with Gasteiger partial charge < -0.3 is 24.5 Å². The van der Waals surface area contributed by atoms with Crippen LogP contribution < -0.4 is 0 Å². The number of aromatic amines is 1. The minimum absolute atomic E-state index is 0.0704. The summed E-state index contributed by atoms with van der Waals surface area (Å²) in [4.78, 5) is 45.8. The number of carboxylic acid groups (broad SMARTS) is 1. The molecule has 45 heavy (non-hydrogen) atoms. The molecule has 1 atom stereocenters. The van der Waals surface area contributed by atoms with E-state index in [1.165, 1.54) is 6.07 Å². The normalized spacial score (nSPS) is 19.1. The quantitative estimate of drug-likeness (QED) is 0.297. The number of carbonyl (C=O) groups excluding carboxylic acids is 2. The van der Waals surface area contributed by atoms with E-state index in [0.717, 1.165) is 54.4 Å². The molecule has 1 saturated heterocycles. The number of fused-ring (bicyclic) bond motifs is 3. The summed E-state index contributed by atoms with van der Waals surface area (Å²) in [5.74, 6) is -1.13. The van der Waals surface area contributed by atoms with Gasteiger partial charge in [-0.3, -0.25) is 4.90 Å². The van der Waals surface area contributed by atoms with Crippen LogP contribution in [0.5, 0.6) is 0 Å². The highest BCUT2D eigenvalue weighted by molar-refractivity contribution is 5.85. The van der Waals surface area contributed by atoms with Gasteiger partial charge in [0.05, 0.1) is 6.54 Å². The topological polar surface area (TPSA) is 112 Å². The van der Waals surface area contributed by atoms with Crippen LogP contribution in [0.1, 0.15) is 98.9 Å². The summed E-state index contributed by atoms with van der Waals surface area (Å²) in [5.41, 5.74) is 4.27. The van der Waals surface area contributed by atoms with E-state index in [1.54, 1.807) is 11.0 Å². The SMILES string of the molecule is CC(C)(C)OC(=O)N1CCC(N(Cc2ccc(C(=O)O)[nH]2)C(=O)OCC2c3ccccc3-c3ccccc32)CC12CCCCC2. The van der Waals surface area contributed by atoms with Crippen LogP contribution in [-0.4, -0.2) is 68.4 Å². The monoisotopic (exact) mass is 613 g/mol. The van der Waals surface area contributed by atoms with Crippen LogP contribution in [0.4, 0.5) is 9.59 Å². The molecular formula is C36H43N3O6. The Labute approximate surface area is 264 Å². The molecule has 1 spiro atoms. The van der Waals surface area contributed by atoms with Gasteiger partial charge in [0.25, 0.3) is 0 Å². The number of aromatic carboxylic acids is 1. The summed E-state index contributed by atoms with van der Waals surface area (Å²) < 4.78 is 12.0. The molecule has 2 heterocycles. The van der Waals surface area contributed by atoms with E-state index in [0.29, 0.717) is 25.1 Å². The number of ether oxygens (including phenoxy) is 2. The number of hydrogen-bond donors (Lipinski definition) is 2. The smallest absolute Gasteiger partial charge is 0.410 e. The van der Waals surface area contributed by atoms with Gasteiger partial charge in [-0.1, -0.05) is 67.8 Å². The number of benzene rings is 2. The standard InChI is InChI=1S/C36H43N3O6/c1-35(2,3)45-34(43)39-20-17-25(21-36(39)18-9-4-10-19-36)38(22-24-15-16-31(37-24)32(40)41)33(42)44-23-30-28-13-7-5-11-26(28)27-12-6-8-14-29(27)30/h5-8,11-16,25,30,37H,4,9-10,17-23H2,1-3H3,(H,40,41). The maximum absolute atomic E-state index is 14.1. The second-order valence-electron chi connectivity index (χ2n) is 13.7. The van der Waals surface area contributed by atoms with E-state index in [2.05, 4.69) is 29.2 Å². The van der Waals surface area contributed by atoms with Gasteiger partial charge in [0.15, 0.2) is 0 Å². The van der Waals surface area contributed by atoms with E-state index in [4.69, 9.17) is 9.47 Å². The Balaban J connectivity index is 1.26. The number of hydrogen-bond acceptors (Lipinski definition) is 5. The second kappa shape index (κ2) is 12.3. The third kappa shape index (κ3) is 6.30. The number of piperidine rings is 1. The molecule has 3 aromatic rings. The van der Waals surface area contributed by atoms with E-state index >= 15 is 0 Å². The number of aromatic nitrogens is 1. The van der Waals surface area contributed by atoms with Gasteiger partial charge in [-0.15, -0.1) is 0 Å². The molecule has 2 amide bonds. The molecule has 2 fully saturated rings. The number of amides is 2. The Morgan fingerprint density at radius 2 is 1.60 bits per heavy atom. The molecule has 2 N–H and O–H groups in total. The van der Waals surface area contributed by atoms with Gasteiger partial charge in [-0.05, 0) is 80.8 Å². The lowest BCUT2D eigenvalue weighted by atomic mass is 9.73. The Morgan fingerprint density at radius 1 is 0.956 bits per heavy atom. The van der Waals surface area contributed by atoms with Gasteiger partial charge in [0.1, 0.15) is 17.9 Å². The summed E-state index contributed by atoms with van der Waals surface area (Å²) in [6, 6.07) is 19.5. The molecule has 0 bridgehead atoms. The number of nitrogens with one attached hydrogen (secondary N) is 1. The summed E-state index contributed by atoms with van der Waals surface area (Å²) in [7, 11) is 0. The van der Waals surface area contributed by atoms with Crippen LogP contribution in [0.3, 0.4) is 0 Å². The van der Waals surface area contributed by atoms with E-state index in [1.807, 2.05) is 49.9 Å².